The Bertz CT molecular complexity index is 824. The highest BCUT2D eigenvalue weighted by molar-refractivity contribution is 5.76. The summed E-state index contributed by atoms with van der Waals surface area (Å²) in [6, 6.07) is 5.46. The molecule has 6 nitrogen and oxygen atoms in total. The summed E-state index contributed by atoms with van der Waals surface area (Å²) in [4.78, 5) is 16.2. The molecule has 0 aromatic heterocycles. The fourth-order valence-electron chi connectivity index (χ4n) is 4.70. The molecule has 2 saturated heterocycles. The Labute approximate surface area is 174 Å². The zero-order valence-electron chi connectivity index (χ0n) is 17.2. The number of anilines is 1. The number of carbonyl (C=O) groups excluding carboxylic acids is 1. The van der Waals surface area contributed by atoms with Crippen LogP contribution >= 0.6 is 0 Å². The SMILES string of the molecule is COCCC(=O)N1CC[C@@H]2CN(c3ccc(C#N)c(C(F)(F)F)c3)C[C@]2(COC)C1. The normalized spacial score (nSPS) is 23.9. The molecule has 0 N–H and O–H groups in total. The molecule has 164 valence electrons. The van der Waals surface area contributed by atoms with Gasteiger partial charge in [-0.15, -0.1) is 0 Å². The van der Waals surface area contributed by atoms with Crippen molar-refractivity contribution in [2.75, 3.05) is 58.5 Å². The van der Waals surface area contributed by atoms with Gasteiger partial charge in [-0.3, -0.25) is 4.79 Å². The number of alkyl halides is 3. The van der Waals surface area contributed by atoms with Gasteiger partial charge in [0.05, 0.1) is 36.8 Å². The molecule has 2 atom stereocenters. The van der Waals surface area contributed by atoms with Crippen LogP contribution in [0.2, 0.25) is 0 Å². The van der Waals surface area contributed by atoms with Crippen LogP contribution in [0.3, 0.4) is 0 Å². The number of ether oxygens (including phenoxy) is 2. The highest BCUT2D eigenvalue weighted by Crippen LogP contribution is 2.45. The second kappa shape index (κ2) is 8.82. The maximum atomic E-state index is 13.4. The van der Waals surface area contributed by atoms with Crippen molar-refractivity contribution in [1.29, 1.82) is 5.26 Å². The topological polar surface area (TPSA) is 65.8 Å². The van der Waals surface area contributed by atoms with Crippen molar-refractivity contribution in [1.82, 2.24) is 4.90 Å². The minimum Gasteiger partial charge on any atom is -0.384 e. The number of amides is 1. The van der Waals surface area contributed by atoms with E-state index < -0.39 is 11.7 Å². The Hall–Kier alpha value is -2.31. The van der Waals surface area contributed by atoms with Gasteiger partial charge >= 0.3 is 6.18 Å². The third-order valence-corrected chi connectivity index (χ3v) is 6.16. The van der Waals surface area contributed by atoms with E-state index in [1.54, 1.807) is 26.4 Å². The van der Waals surface area contributed by atoms with E-state index in [9.17, 15) is 18.0 Å². The number of piperidine rings is 1. The van der Waals surface area contributed by atoms with Gasteiger partial charge in [-0.1, -0.05) is 0 Å². The molecule has 0 radical (unpaired) electrons. The van der Waals surface area contributed by atoms with Gasteiger partial charge in [-0.25, -0.2) is 0 Å². The fourth-order valence-corrected chi connectivity index (χ4v) is 4.70. The second-order valence-electron chi connectivity index (χ2n) is 8.06. The molecule has 0 unspecified atom stereocenters. The number of hydrogen-bond acceptors (Lipinski definition) is 5. The Balaban J connectivity index is 1.85. The first-order valence-electron chi connectivity index (χ1n) is 9.86. The molecule has 0 aliphatic carbocycles. The maximum absolute atomic E-state index is 13.4. The monoisotopic (exact) mass is 425 g/mol. The number of halogens is 3. The Morgan fingerprint density at radius 3 is 2.70 bits per heavy atom. The van der Waals surface area contributed by atoms with Crippen LogP contribution in [0.4, 0.5) is 18.9 Å². The number of nitriles is 1. The molecule has 0 bridgehead atoms. The van der Waals surface area contributed by atoms with Gasteiger partial charge in [0.1, 0.15) is 0 Å². The van der Waals surface area contributed by atoms with Crippen molar-refractivity contribution < 1.29 is 27.4 Å². The van der Waals surface area contributed by atoms with E-state index in [1.165, 1.54) is 6.07 Å². The van der Waals surface area contributed by atoms with E-state index >= 15 is 0 Å². The highest BCUT2D eigenvalue weighted by atomic mass is 19.4. The highest BCUT2D eigenvalue weighted by Gasteiger charge is 2.51. The summed E-state index contributed by atoms with van der Waals surface area (Å²) in [5.41, 5.74) is -1.22. The molecule has 1 amide bonds. The van der Waals surface area contributed by atoms with Gasteiger partial charge in [0.15, 0.2) is 0 Å². The smallest absolute Gasteiger partial charge is 0.384 e. The molecule has 0 spiro atoms. The summed E-state index contributed by atoms with van der Waals surface area (Å²) in [6.45, 7) is 2.98. The van der Waals surface area contributed by atoms with Crippen LogP contribution < -0.4 is 4.90 Å². The minimum atomic E-state index is -4.59. The molecule has 1 aromatic rings. The predicted molar refractivity (Wildman–Crippen MR) is 104 cm³/mol. The van der Waals surface area contributed by atoms with E-state index in [2.05, 4.69) is 0 Å². The van der Waals surface area contributed by atoms with Crippen LogP contribution in [0.1, 0.15) is 24.0 Å². The van der Waals surface area contributed by atoms with Crippen molar-refractivity contribution in [3.8, 4) is 6.07 Å². The van der Waals surface area contributed by atoms with Crippen molar-refractivity contribution in [2.24, 2.45) is 11.3 Å². The average Bonchev–Trinajstić information content (AvgIpc) is 3.09. The minimum absolute atomic E-state index is 0.0157. The van der Waals surface area contributed by atoms with E-state index in [0.29, 0.717) is 51.5 Å². The number of rotatable bonds is 6. The standard InChI is InChI=1S/C21H26F3N3O3/c1-29-8-6-19(28)26-7-5-16-11-27(13-20(16,12-26)14-30-2)17-4-3-15(10-25)18(9-17)21(22,23)24/h3-4,9,16H,5-8,11-14H2,1-2H3/t16-,20+/m1/s1. The third-order valence-electron chi connectivity index (χ3n) is 6.16. The number of nitrogens with zero attached hydrogens (tertiary/aromatic N) is 3. The molecule has 3 rings (SSSR count). The van der Waals surface area contributed by atoms with Gasteiger partial charge in [0.25, 0.3) is 0 Å². The summed E-state index contributed by atoms with van der Waals surface area (Å²) in [7, 11) is 3.15. The first-order chi connectivity index (χ1) is 14.2. The Kier molecular flexibility index (Phi) is 6.58. The van der Waals surface area contributed by atoms with Crippen LogP contribution in [-0.4, -0.2) is 64.4 Å². The van der Waals surface area contributed by atoms with Gasteiger partial charge in [-0.2, -0.15) is 18.4 Å². The maximum Gasteiger partial charge on any atom is 0.417 e. The van der Waals surface area contributed by atoms with E-state index in [-0.39, 0.29) is 22.8 Å². The molecular formula is C21H26F3N3O3. The molecule has 2 heterocycles. The van der Waals surface area contributed by atoms with Crippen molar-refractivity contribution >= 4 is 11.6 Å². The second-order valence-corrected chi connectivity index (χ2v) is 8.06. The summed E-state index contributed by atoms with van der Waals surface area (Å²) < 4.78 is 50.7. The van der Waals surface area contributed by atoms with Crippen LogP contribution in [0.15, 0.2) is 18.2 Å². The summed E-state index contributed by atoms with van der Waals surface area (Å²) in [6.07, 6.45) is -3.53. The van der Waals surface area contributed by atoms with Crippen LogP contribution in [0.25, 0.3) is 0 Å². The van der Waals surface area contributed by atoms with Crippen molar-refractivity contribution in [3.63, 3.8) is 0 Å². The molecule has 9 heteroatoms. The quantitative estimate of drug-likeness (QED) is 0.701. The number of likely N-dealkylation sites (tertiary alicyclic amines) is 1. The third kappa shape index (κ3) is 4.40. The number of hydrogen-bond donors (Lipinski definition) is 0. The lowest BCUT2D eigenvalue weighted by atomic mass is 9.74. The van der Waals surface area contributed by atoms with E-state index in [4.69, 9.17) is 14.7 Å². The van der Waals surface area contributed by atoms with Gasteiger partial charge < -0.3 is 19.3 Å². The van der Waals surface area contributed by atoms with Crippen LogP contribution in [0, 0.1) is 22.7 Å². The fraction of sp³-hybridized carbons (Fsp3) is 0.619. The summed E-state index contributed by atoms with van der Waals surface area (Å²) >= 11 is 0. The van der Waals surface area contributed by atoms with Crippen molar-refractivity contribution in [3.05, 3.63) is 29.3 Å². The molecule has 2 aliphatic heterocycles. The first-order valence-corrected chi connectivity index (χ1v) is 9.86. The average molecular weight is 425 g/mol. The molecule has 2 fully saturated rings. The van der Waals surface area contributed by atoms with Crippen molar-refractivity contribution in [2.45, 2.75) is 19.0 Å². The summed E-state index contributed by atoms with van der Waals surface area (Å²) in [5, 5.41) is 9.03. The number of methoxy groups -OCH3 is 2. The van der Waals surface area contributed by atoms with Gasteiger partial charge in [-0.05, 0) is 30.5 Å². The summed E-state index contributed by atoms with van der Waals surface area (Å²) in [5.74, 6) is 0.218. The molecular weight excluding hydrogens is 399 g/mol. The Morgan fingerprint density at radius 2 is 2.07 bits per heavy atom. The van der Waals surface area contributed by atoms with E-state index in [1.807, 2.05) is 9.80 Å². The number of fused-ring (bicyclic) bond motifs is 1. The van der Waals surface area contributed by atoms with Gasteiger partial charge in [0.2, 0.25) is 5.91 Å². The lowest BCUT2D eigenvalue weighted by molar-refractivity contribution is -0.138. The lowest BCUT2D eigenvalue weighted by Crippen LogP contribution is -2.53. The zero-order chi connectivity index (χ0) is 21.9. The number of benzene rings is 1. The predicted octanol–water partition coefficient (Wildman–Crippen LogP) is 2.91. The largest absolute Gasteiger partial charge is 0.417 e. The van der Waals surface area contributed by atoms with E-state index in [0.717, 1.165) is 12.5 Å². The molecule has 2 aliphatic rings. The first kappa shape index (κ1) is 22.4. The molecule has 0 saturated carbocycles. The number of carbonyl (C=O) groups is 1. The van der Waals surface area contributed by atoms with Crippen LogP contribution in [0.5, 0.6) is 0 Å². The van der Waals surface area contributed by atoms with Crippen LogP contribution in [-0.2, 0) is 20.4 Å². The Morgan fingerprint density at radius 1 is 1.30 bits per heavy atom. The lowest BCUT2D eigenvalue weighted by Gasteiger charge is -2.43. The molecule has 30 heavy (non-hydrogen) atoms. The molecule has 1 aromatic carbocycles. The van der Waals surface area contributed by atoms with Gasteiger partial charge in [0, 0.05) is 51.5 Å². The zero-order valence-corrected chi connectivity index (χ0v) is 17.2.